The van der Waals surface area contributed by atoms with E-state index in [2.05, 4.69) is 22.1 Å². The molecule has 0 amide bonds. The van der Waals surface area contributed by atoms with E-state index in [9.17, 15) is 4.39 Å². The van der Waals surface area contributed by atoms with E-state index in [4.69, 9.17) is 9.31 Å². The molecular formula is C18H30BFN4O2. The third kappa shape index (κ3) is 4.02. The average molecular weight is 364 g/mol. The Bertz CT molecular complexity index is 645. The van der Waals surface area contributed by atoms with Crippen molar-refractivity contribution in [2.45, 2.75) is 77.7 Å². The summed E-state index contributed by atoms with van der Waals surface area (Å²) in [5.41, 5.74) is -1.13. The molecule has 2 aliphatic heterocycles. The number of hydrogen-bond acceptors (Lipinski definition) is 5. The smallest absolute Gasteiger partial charge is 0.398 e. The van der Waals surface area contributed by atoms with E-state index in [1.807, 2.05) is 32.4 Å². The van der Waals surface area contributed by atoms with E-state index in [0.29, 0.717) is 11.7 Å². The van der Waals surface area contributed by atoms with Crippen LogP contribution in [0.4, 0.5) is 4.39 Å². The molecule has 0 spiro atoms. The number of likely N-dealkylation sites (tertiary alicyclic amines) is 1. The Balaban J connectivity index is 1.65. The van der Waals surface area contributed by atoms with Crippen molar-refractivity contribution in [1.82, 2.24) is 19.9 Å². The van der Waals surface area contributed by atoms with Crippen LogP contribution in [0.1, 0.15) is 59.6 Å². The highest BCUT2D eigenvalue weighted by atomic mass is 19.1. The number of nitrogens with zero attached hydrogens (tertiary/aromatic N) is 4. The molecule has 144 valence electrons. The lowest BCUT2D eigenvalue weighted by atomic mass is 9.87. The van der Waals surface area contributed by atoms with E-state index in [1.54, 1.807) is 6.20 Å². The topological polar surface area (TPSA) is 52.4 Å². The quantitative estimate of drug-likeness (QED) is 0.752. The molecule has 2 saturated heterocycles. The third-order valence-electron chi connectivity index (χ3n) is 5.87. The molecule has 2 fully saturated rings. The predicted molar refractivity (Wildman–Crippen MR) is 100 cm³/mol. The number of halogens is 1. The average Bonchev–Trinajstić information content (AvgIpc) is 3.09. The first-order valence-electron chi connectivity index (χ1n) is 9.59. The van der Waals surface area contributed by atoms with Gasteiger partial charge in [-0.3, -0.25) is 9.58 Å². The van der Waals surface area contributed by atoms with Crippen LogP contribution in [0.2, 0.25) is 0 Å². The molecule has 1 unspecified atom stereocenters. The van der Waals surface area contributed by atoms with Gasteiger partial charge >= 0.3 is 7.12 Å². The van der Waals surface area contributed by atoms with Crippen molar-refractivity contribution in [1.29, 1.82) is 0 Å². The van der Waals surface area contributed by atoms with Crippen LogP contribution >= 0.6 is 0 Å². The first kappa shape index (κ1) is 19.5. The summed E-state index contributed by atoms with van der Waals surface area (Å²) in [6, 6.07) is 0.472. The van der Waals surface area contributed by atoms with Crippen LogP contribution in [-0.4, -0.2) is 57.3 Å². The second kappa shape index (κ2) is 7.41. The van der Waals surface area contributed by atoms with Gasteiger partial charge in [-0.05, 0) is 59.7 Å². The molecule has 0 N–H and O–H groups in total. The summed E-state index contributed by atoms with van der Waals surface area (Å²) in [6.45, 7) is 12.8. The normalized spacial score (nSPS) is 26.5. The zero-order chi connectivity index (χ0) is 18.9. The van der Waals surface area contributed by atoms with Gasteiger partial charge in [-0.15, -0.1) is 5.10 Å². The fourth-order valence-corrected chi connectivity index (χ4v) is 3.53. The molecule has 0 bridgehead atoms. The highest BCUT2D eigenvalue weighted by molar-refractivity contribution is 6.54. The fraction of sp³-hybridized carbons (Fsp3) is 0.778. The van der Waals surface area contributed by atoms with Crippen LogP contribution in [0.5, 0.6) is 0 Å². The Morgan fingerprint density at radius 3 is 2.65 bits per heavy atom. The van der Waals surface area contributed by atoms with Gasteiger partial charge < -0.3 is 9.31 Å². The van der Waals surface area contributed by atoms with E-state index in [0.717, 1.165) is 19.6 Å². The Morgan fingerprint density at radius 1 is 1.31 bits per heavy atom. The maximum absolute atomic E-state index is 14.6. The zero-order valence-electron chi connectivity index (χ0n) is 16.5. The lowest BCUT2D eigenvalue weighted by Crippen LogP contribution is -2.41. The Morgan fingerprint density at radius 2 is 2.00 bits per heavy atom. The molecule has 2 aliphatic rings. The molecule has 1 aromatic rings. The Kier molecular flexibility index (Phi) is 5.56. The van der Waals surface area contributed by atoms with Gasteiger partial charge in [-0.1, -0.05) is 18.6 Å². The minimum atomic E-state index is -1.00. The Labute approximate surface area is 155 Å². The minimum Gasteiger partial charge on any atom is -0.398 e. The van der Waals surface area contributed by atoms with E-state index >= 15 is 0 Å². The monoisotopic (exact) mass is 364 g/mol. The number of likely N-dealkylation sites (N-methyl/N-ethyl adjacent to an activating group) is 1. The molecule has 26 heavy (non-hydrogen) atoms. The van der Waals surface area contributed by atoms with Gasteiger partial charge in [-0.2, -0.15) is 0 Å². The number of aromatic nitrogens is 3. The number of rotatable bonds is 5. The molecule has 6 nitrogen and oxygen atoms in total. The first-order valence-corrected chi connectivity index (χ1v) is 9.59. The van der Waals surface area contributed by atoms with Crippen molar-refractivity contribution in [3.63, 3.8) is 0 Å². The van der Waals surface area contributed by atoms with Crippen molar-refractivity contribution in [2.75, 3.05) is 13.1 Å². The van der Waals surface area contributed by atoms with Crippen molar-refractivity contribution >= 4 is 13.2 Å². The molecule has 0 aliphatic carbocycles. The minimum absolute atomic E-state index is 0.472. The first-order chi connectivity index (χ1) is 12.2. The summed E-state index contributed by atoms with van der Waals surface area (Å²) in [5.74, 6) is 0. The fourth-order valence-electron chi connectivity index (χ4n) is 3.53. The third-order valence-corrected chi connectivity index (χ3v) is 5.87. The molecule has 3 heterocycles. The van der Waals surface area contributed by atoms with Crippen LogP contribution in [0.15, 0.2) is 11.9 Å². The van der Waals surface area contributed by atoms with Gasteiger partial charge in [0.1, 0.15) is 11.4 Å². The zero-order valence-corrected chi connectivity index (χ0v) is 16.5. The summed E-state index contributed by atoms with van der Waals surface area (Å²) >= 11 is 0. The lowest BCUT2D eigenvalue weighted by molar-refractivity contribution is 0.00578. The largest absolute Gasteiger partial charge is 0.525 e. The van der Waals surface area contributed by atoms with Crippen LogP contribution in [0, 0.1) is 0 Å². The van der Waals surface area contributed by atoms with Gasteiger partial charge in [0.05, 0.1) is 23.9 Å². The van der Waals surface area contributed by atoms with Gasteiger partial charge in [0.2, 0.25) is 0 Å². The lowest BCUT2D eigenvalue weighted by Gasteiger charge is -2.34. The van der Waals surface area contributed by atoms with E-state index in [1.165, 1.54) is 25.3 Å². The molecule has 8 heteroatoms. The molecule has 0 aromatic carbocycles. The molecule has 3 rings (SSSR count). The van der Waals surface area contributed by atoms with Crippen LogP contribution in [0.25, 0.3) is 6.08 Å². The number of piperidine rings is 1. The van der Waals surface area contributed by atoms with Crippen molar-refractivity contribution in [3.8, 4) is 0 Å². The molecular weight excluding hydrogens is 334 g/mol. The molecule has 1 atom stereocenters. The van der Waals surface area contributed by atoms with Gasteiger partial charge in [0.15, 0.2) is 0 Å². The van der Waals surface area contributed by atoms with Gasteiger partial charge in [-0.25, -0.2) is 4.39 Å². The van der Waals surface area contributed by atoms with Crippen molar-refractivity contribution in [3.05, 3.63) is 17.6 Å². The van der Waals surface area contributed by atoms with Crippen LogP contribution in [0.3, 0.4) is 0 Å². The van der Waals surface area contributed by atoms with Crippen LogP contribution in [-0.2, 0) is 15.9 Å². The summed E-state index contributed by atoms with van der Waals surface area (Å²) in [4.78, 5) is 2.48. The van der Waals surface area contributed by atoms with Crippen LogP contribution < -0.4 is 0 Å². The van der Waals surface area contributed by atoms with Gasteiger partial charge in [0.25, 0.3) is 0 Å². The second-order valence-electron chi connectivity index (χ2n) is 8.26. The summed E-state index contributed by atoms with van der Waals surface area (Å²) in [5, 5.41) is 8.25. The van der Waals surface area contributed by atoms with Gasteiger partial charge in [0, 0.05) is 6.04 Å². The molecule has 0 saturated carbocycles. The molecule has 0 radical (unpaired) electrons. The SMILES string of the molecule is CCN1CCCCC1Cn1cc(C=C(F)B2OC(C)(C)C(C)(C)O2)nn1. The van der Waals surface area contributed by atoms with Crippen molar-refractivity contribution < 1.29 is 13.7 Å². The Hall–Kier alpha value is -1.25. The summed E-state index contributed by atoms with van der Waals surface area (Å²) in [6.07, 6.45) is 6.81. The molecule has 1 aromatic heterocycles. The summed E-state index contributed by atoms with van der Waals surface area (Å²) in [7, 11) is -1.00. The number of hydrogen-bond donors (Lipinski definition) is 0. The summed E-state index contributed by atoms with van der Waals surface area (Å²) < 4.78 is 27.9. The standard InChI is InChI=1S/C18H30BFN4O2/c1-6-23-10-8-7-9-15(23)13-24-12-14(21-22-24)11-16(20)19-25-17(2,3)18(4,5)26-19/h11-12,15H,6-10,13H2,1-5H3. The predicted octanol–water partition coefficient (Wildman–Crippen LogP) is 3.09. The maximum Gasteiger partial charge on any atom is 0.525 e. The highest BCUT2D eigenvalue weighted by Crippen LogP contribution is 2.38. The second-order valence-corrected chi connectivity index (χ2v) is 8.26. The van der Waals surface area contributed by atoms with E-state index < -0.39 is 24.0 Å². The van der Waals surface area contributed by atoms with E-state index in [-0.39, 0.29) is 0 Å². The highest BCUT2D eigenvalue weighted by Gasteiger charge is 2.53. The van der Waals surface area contributed by atoms with Crippen molar-refractivity contribution in [2.24, 2.45) is 0 Å². The maximum atomic E-state index is 14.6.